The Bertz CT molecular complexity index is 847. The molecule has 1 unspecified atom stereocenters. The predicted molar refractivity (Wildman–Crippen MR) is 105 cm³/mol. The monoisotopic (exact) mass is 367 g/mol. The zero-order chi connectivity index (χ0) is 20.2. The van der Waals surface area contributed by atoms with Crippen molar-refractivity contribution in [3.8, 4) is 0 Å². The lowest BCUT2D eigenvalue weighted by Gasteiger charge is -2.19. The number of hydrogen-bond donors (Lipinski definition) is 1. The van der Waals surface area contributed by atoms with Gasteiger partial charge in [0.15, 0.2) is 6.10 Å². The molecular formula is C22H25NO4. The molecule has 1 amide bonds. The minimum absolute atomic E-state index is 0.00140. The molecule has 27 heavy (non-hydrogen) atoms. The van der Waals surface area contributed by atoms with Crippen LogP contribution in [0.4, 0.5) is 5.69 Å². The maximum Gasteiger partial charge on any atom is 0.338 e. The Morgan fingerprint density at radius 2 is 1.59 bits per heavy atom. The van der Waals surface area contributed by atoms with Gasteiger partial charge in [0.2, 0.25) is 11.7 Å². The van der Waals surface area contributed by atoms with Crippen LogP contribution in [0, 0.1) is 0 Å². The average Bonchev–Trinajstić information content (AvgIpc) is 2.60. The lowest BCUT2D eigenvalue weighted by Crippen LogP contribution is -2.24. The summed E-state index contributed by atoms with van der Waals surface area (Å²) in [6.07, 6.45) is -0.914. The summed E-state index contributed by atoms with van der Waals surface area (Å²) in [6.45, 7) is 9.24. The number of esters is 1. The molecule has 0 saturated carbocycles. The van der Waals surface area contributed by atoms with Gasteiger partial charge in [0.1, 0.15) is 0 Å². The van der Waals surface area contributed by atoms with E-state index < -0.39 is 12.1 Å². The summed E-state index contributed by atoms with van der Waals surface area (Å²) in [5, 5.41) is 2.61. The molecule has 0 radical (unpaired) electrons. The molecule has 2 aromatic carbocycles. The van der Waals surface area contributed by atoms with Gasteiger partial charge in [-0.05, 0) is 36.1 Å². The standard InChI is InChI=1S/C22H25NO4/c1-14(20(25)16-9-11-18(12-10-16)22(3,4)5)27-21(26)17-7-6-8-19(13-17)23-15(2)24/h6-14H,1-5H3,(H,23,24). The van der Waals surface area contributed by atoms with Gasteiger partial charge in [-0.3, -0.25) is 9.59 Å². The number of ether oxygens (including phenoxy) is 1. The number of hydrogen-bond acceptors (Lipinski definition) is 4. The van der Waals surface area contributed by atoms with Crippen molar-refractivity contribution in [2.24, 2.45) is 0 Å². The average molecular weight is 367 g/mol. The van der Waals surface area contributed by atoms with E-state index in [9.17, 15) is 14.4 Å². The minimum atomic E-state index is -0.914. The molecule has 0 aliphatic rings. The Morgan fingerprint density at radius 1 is 0.963 bits per heavy atom. The van der Waals surface area contributed by atoms with E-state index in [0.29, 0.717) is 11.3 Å². The zero-order valence-corrected chi connectivity index (χ0v) is 16.3. The molecular weight excluding hydrogens is 342 g/mol. The van der Waals surface area contributed by atoms with E-state index in [-0.39, 0.29) is 22.7 Å². The Morgan fingerprint density at radius 3 is 2.15 bits per heavy atom. The number of anilines is 1. The van der Waals surface area contributed by atoms with Crippen LogP contribution in [0.2, 0.25) is 0 Å². The Labute approximate surface area is 159 Å². The van der Waals surface area contributed by atoms with Gasteiger partial charge in [-0.25, -0.2) is 4.79 Å². The number of ketones is 1. The van der Waals surface area contributed by atoms with Crippen LogP contribution in [0.5, 0.6) is 0 Å². The van der Waals surface area contributed by atoms with Gasteiger partial charge in [0.05, 0.1) is 5.56 Å². The highest BCUT2D eigenvalue weighted by Crippen LogP contribution is 2.23. The fraction of sp³-hybridized carbons (Fsp3) is 0.318. The third-order valence-electron chi connectivity index (χ3n) is 4.11. The van der Waals surface area contributed by atoms with Crippen molar-refractivity contribution >= 4 is 23.3 Å². The van der Waals surface area contributed by atoms with Crippen molar-refractivity contribution in [1.82, 2.24) is 0 Å². The van der Waals surface area contributed by atoms with Crippen molar-refractivity contribution in [2.45, 2.75) is 46.1 Å². The lowest BCUT2D eigenvalue weighted by molar-refractivity contribution is -0.114. The summed E-state index contributed by atoms with van der Waals surface area (Å²) in [5.41, 5.74) is 2.38. The van der Waals surface area contributed by atoms with Crippen molar-refractivity contribution in [3.05, 3.63) is 65.2 Å². The van der Waals surface area contributed by atoms with E-state index in [1.807, 2.05) is 12.1 Å². The van der Waals surface area contributed by atoms with E-state index in [1.54, 1.807) is 37.3 Å². The molecule has 5 heteroatoms. The summed E-state index contributed by atoms with van der Waals surface area (Å²) in [5.74, 6) is -1.11. The fourth-order valence-corrected chi connectivity index (χ4v) is 2.58. The highest BCUT2D eigenvalue weighted by atomic mass is 16.5. The van der Waals surface area contributed by atoms with Gasteiger partial charge in [-0.15, -0.1) is 0 Å². The van der Waals surface area contributed by atoms with Gasteiger partial charge in [-0.1, -0.05) is 51.1 Å². The quantitative estimate of drug-likeness (QED) is 0.629. The molecule has 0 saturated heterocycles. The maximum absolute atomic E-state index is 12.6. The SMILES string of the molecule is CC(=O)Nc1cccc(C(=O)OC(C)C(=O)c2ccc(C(C)(C)C)cc2)c1. The largest absolute Gasteiger partial charge is 0.451 e. The summed E-state index contributed by atoms with van der Waals surface area (Å²) in [7, 11) is 0. The number of benzene rings is 2. The van der Waals surface area contributed by atoms with E-state index in [2.05, 4.69) is 26.1 Å². The molecule has 0 aliphatic heterocycles. The third-order valence-corrected chi connectivity index (χ3v) is 4.11. The highest BCUT2D eigenvalue weighted by Gasteiger charge is 2.21. The van der Waals surface area contributed by atoms with Crippen LogP contribution in [0.25, 0.3) is 0 Å². The molecule has 5 nitrogen and oxygen atoms in total. The van der Waals surface area contributed by atoms with Gasteiger partial charge in [-0.2, -0.15) is 0 Å². The Hall–Kier alpha value is -2.95. The molecule has 0 heterocycles. The maximum atomic E-state index is 12.6. The summed E-state index contributed by atoms with van der Waals surface area (Å²) < 4.78 is 5.31. The number of carbonyl (C=O) groups is 3. The van der Waals surface area contributed by atoms with Gasteiger partial charge in [0, 0.05) is 18.2 Å². The third kappa shape index (κ3) is 5.51. The minimum Gasteiger partial charge on any atom is -0.451 e. The topological polar surface area (TPSA) is 72.5 Å². The van der Waals surface area contributed by atoms with Crippen LogP contribution in [-0.4, -0.2) is 23.8 Å². The lowest BCUT2D eigenvalue weighted by atomic mass is 9.86. The zero-order valence-electron chi connectivity index (χ0n) is 16.3. The van der Waals surface area contributed by atoms with Gasteiger partial charge >= 0.3 is 5.97 Å². The van der Waals surface area contributed by atoms with Gasteiger partial charge < -0.3 is 10.1 Å². The second kappa shape index (κ2) is 8.16. The second-order valence-electron chi connectivity index (χ2n) is 7.50. The highest BCUT2D eigenvalue weighted by molar-refractivity contribution is 6.01. The molecule has 0 spiro atoms. The predicted octanol–water partition coefficient (Wildman–Crippen LogP) is 4.37. The van der Waals surface area contributed by atoms with Crippen molar-refractivity contribution in [3.63, 3.8) is 0 Å². The van der Waals surface area contributed by atoms with Crippen LogP contribution >= 0.6 is 0 Å². The number of nitrogens with one attached hydrogen (secondary N) is 1. The van der Waals surface area contributed by atoms with Crippen LogP contribution in [0.1, 0.15) is 60.9 Å². The van der Waals surface area contributed by atoms with E-state index >= 15 is 0 Å². The summed E-state index contributed by atoms with van der Waals surface area (Å²) in [4.78, 5) is 36.0. The van der Waals surface area contributed by atoms with Crippen LogP contribution in [0.3, 0.4) is 0 Å². The van der Waals surface area contributed by atoms with Crippen LogP contribution in [-0.2, 0) is 14.9 Å². The smallest absolute Gasteiger partial charge is 0.338 e. The molecule has 0 aliphatic carbocycles. The second-order valence-corrected chi connectivity index (χ2v) is 7.50. The Balaban J connectivity index is 2.07. The summed E-state index contributed by atoms with van der Waals surface area (Å²) >= 11 is 0. The van der Waals surface area contributed by atoms with Crippen molar-refractivity contribution in [2.75, 3.05) is 5.32 Å². The number of rotatable bonds is 5. The number of Topliss-reactive ketones (excluding diaryl/α,β-unsaturated/α-hetero) is 1. The molecule has 142 valence electrons. The van der Waals surface area contributed by atoms with E-state index in [0.717, 1.165) is 5.56 Å². The molecule has 1 atom stereocenters. The molecule has 0 aromatic heterocycles. The van der Waals surface area contributed by atoms with E-state index in [1.165, 1.54) is 13.0 Å². The van der Waals surface area contributed by atoms with Crippen LogP contribution < -0.4 is 5.32 Å². The molecule has 2 aromatic rings. The first-order valence-corrected chi connectivity index (χ1v) is 8.81. The molecule has 2 rings (SSSR count). The first-order valence-electron chi connectivity index (χ1n) is 8.81. The Kier molecular flexibility index (Phi) is 6.16. The fourth-order valence-electron chi connectivity index (χ4n) is 2.58. The summed E-state index contributed by atoms with van der Waals surface area (Å²) in [6, 6.07) is 13.7. The van der Waals surface area contributed by atoms with E-state index in [4.69, 9.17) is 4.74 Å². The normalized spacial score (nSPS) is 12.2. The first kappa shape index (κ1) is 20.4. The molecule has 0 bridgehead atoms. The number of carbonyl (C=O) groups excluding carboxylic acids is 3. The van der Waals surface area contributed by atoms with Gasteiger partial charge in [0.25, 0.3) is 0 Å². The number of amides is 1. The molecule has 0 fully saturated rings. The molecule has 1 N–H and O–H groups in total. The van der Waals surface area contributed by atoms with Crippen LogP contribution in [0.15, 0.2) is 48.5 Å². The van der Waals surface area contributed by atoms with Crippen molar-refractivity contribution < 1.29 is 19.1 Å². The first-order chi connectivity index (χ1) is 12.6. The van der Waals surface area contributed by atoms with Crippen molar-refractivity contribution in [1.29, 1.82) is 0 Å².